The molecule has 1 aliphatic rings. The molecule has 0 saturated carbocycles. The summed E-state index contributed by atoms with van der Waals surface area (Å²) in [7, 11) is 0. The first-order chi connectivity index (χ1) is 8.16. The molecule has 1 unspecified atom stereocenters. The first-order valence-electron chi connectivity index (χ1n) is 6.20. The van der Waals surface area contributed by atoms with Gasteiger partial charge < -0.3 is 5.32 Å². The molecule has 0 spiro atoms. The Labute approximate surface area is 115 Å². The van der Waals surface area contributed by atoms with Crippen LogP contribution in [0.25, 0.3) is 0 Å². The van der Waals surface area contributed by atoms with Crippen molar-refractivity contribution in [2.24, 2.45) is 0 Å². The number of carbonyl (C=O) groups is 1. The summed E-state index contributed by atoms with van der Waals surface area (Å²) < 4.78 is 0. The lowest BCUT2D eigenvalue weighted by Gasteiger charge is -2.08. The van der Waals surface area contributed by atoms with Crippen molar-refractivity contribution < 1.29 is 4.79 Å². The molecule has 0 aromatic carbocycles. The van der Waals surface area contributed by atoms with E-state index < -0.39 is 0 Å². The molecule has 94 valence electrons. The van der Waals surface area contributed by atoms with Crippen LogP contribution in [0.4, 0.5) is 0 Å². The standard InChI is InChI=1S/C13H18BrNOS/c1-9(14)6-7-15-13(16)12-8-10-4-2-3-5-11(10)17-12/h8-9H,2-7H2,1H3,(H,15,16). The second kappa shape index (κ2) is 6.01. The molecule has 1 aromatic heterocycles. The van der Waals surface area contributed by atoms with Gasteiger partial charge >= 0.3 is 0 Å². The second-order valence-corrected chi connectivity index (χ2v) is 7.29. The van der Waals surface area contributed by atoms with E-state index in [-0.39, 0.29) is 5.91 Å². The number of thiophene rings is 1. The third-order valence-electron chi connectivity index (χ3n) is 3.05. The van der Waals surface area contributed by atoms with E-state index in [2.05, 4.69) is 34.2 Å². The fourth-order valence-electron chi connectivity index (χ4n) is 2.07. The van der Waals surface area contributed by atoms with Gasteiger partial charge in [-0.05, 0) is 43.7 Å². The molecule has 2 rings (SSSR count). The average Bonchev–Trinajstić information content (AvgIpc) is 2.71. The van der Waals surface area contributed by atoms with Gasteiger partial charge in [0.1, 0.15) is 0 Å². The van der Waals surface area contributed by atoms with Gasteiger partial charge in [-0.15, -0.1) is 11.3 Å². The van der Waals surface area contributed by atoms with E-state index in [9.17, 15) is 4.79 Å². The molecule has 4 heteroatoms. The maximum Gasteiger partial charge on any atom is 0.261 e. The molecule has 1 atom stereocenters. The van der Waals surface area contributed by atoms with Crippen LogP contribution in [0.2, 0.25) is 0 Å². The van der Waals surface area contributed by atoms with Crippen LogP contribution in [0.1, 0.15) is 46.3 Å². The molecule has 0 radical (unpaired) electrons. The van der Waals surface area contributed by atoms with Crippen LogP contribution in [-0.2, 0) is 12.8 Å². The minimum atomic E-state index is 0.0950. The molecule has 17 heavy (non-hydrogen) atoms. The molecule has 1 aromatic rings. The fourth-order valence-corrected chi connectivity index (χ4v) is 3.47. The van der Waals surface area contributed by atoms with Gasteiger partial charge in [-0.2, -0.15) is 0 Å². The van der Waals surface area contributed by atoms with Crippen LogP contribution in [0, 0.1) is 0 Å². The summed E-state index contributed by atoms with van der Waals surface area (Å²) in [4.78, 5) is 14.7. The van der Waals surface area contributed by atoms with E-state index >= 15 is 0 Å². The van der Waals surface area contributed by atoms with Crippen molar-refractivity contribution in [3.05, 3.63) is 21.4 Å². The first-order valence-corrected chi connectivity index (χ1v) is 7.94. The Balaban J connectivity index is 1.92. The summed E-state index contributed by atoms with van der Waals surface area (Å²) in [6.07, 6.45) is 5.82. The molecule has 1 N–H and O–H groups in total. The lowest BCUT2D eigenvalue weighted by molar-refractivity contribution is 0.0957. The Morgan fingerprint density at radius 2 is 2.29 bits per heavy atom. The largest absolute Gasteiger partial charge is 0.351 e. The van der Waals surface area contributed by atoms with Crippen molar-refractivity contribution in [2.75, 3.05) is 6.54 Å². The summed E-state index contributed by atoms with van der Waals surface area (Å²) in [6, 6.07) is 2.09. The van der Waals surface area contributed by atoms with E-state index in [0.717, 1.165) is 30.7 Å². The maximum atomic E-state index is 11.9. The van der Waals surface area contributed by atoms with Crippen molar-refractivity contribution in [1.29, 1.82) is 0 Å². The van der Waals surface area contributed by atoms with Gasteiger partial charge in [0.2, 0.25) is 0 Å². The SMILES string of the molecule is CC(Br)CCNC(=O)c1cc2c(s1)CCCC2. The Morgan fingerprint density at radius 3 is 3.00 bits per heavy atom. The first kappa shape index (κ1) is 13.1. The number of hydrogen-bond acceptors (Lipinski definition) is 2. The molecule has 0 saturated heterocycles. The number of fused-ring (bicyclic) bond motifs is 1. The van der Waals surface area contributed by atoms with E-state index in [0.29, 0.717) is 4.83 Å². The zero-order chi connectivity index (χ0) is 12.3. The Hall–Kier alpha value is -0.350. The Morgan fingerprint density at radius 1 is 1.53 bits per heavy atom. The summed E-state index contributed by atoms with van der Waals surface area (Å²) in [5.41, 5.74) is 1.40. The van der Waals surface area contributed by atoms with Crippen molar-refractivity contribution in [3.63, 3.8) is 0 Å². The molecular weight excluding hydrogens is 298 g/mol. The normalized spacial score (nSPS) is 16.4. The Bertz CT molecular complexity index is 377. The third-order valence-corrected chi connectivity index (χ3v) is 4.74. The number of halogens is 1. The van der Waals surface area contributed by atoms with Crippen LogP contribution in [0.15, 0.2) is 6.07 Å². The lowest BCUT2D eigenvalue weighted by Crippen LogP contribution is -2.24. The lowest BCUT2D eigenvalue weighted by atomic mass is 9.99. The molecule has 1 amide bonds. The van der Waals surface area contributed by atoms with E-state index in [4.69, 9.17) is 0 Å². The Kier molecular flexibility index (Phi) is 4.62. The van der Waals surface area contributed by atoms with Crippen molar-refractivity contribution in [1.82, 2.24) is 5.32 Å². The minimum absolute atomic E-state index is 0.0950. The number of hydrogen-bond donors (Lipinski definition) is 1. The number of aryl methyl sites for hydroxylation is 2. The molecule has 1 aliphatic carbocycles. The summed E-state index contributed by atoms with van der Waals surface area (Å²) in [5, 5.41) is 2.98. The van der Waals surface area contributed by atoms with Gasteiger partial charge in [-0.1, -0.05) is 22.9 Å². The maximum absolute atomic E-state index is 11.9. The highest BCUT2D eigenvalue weighted by Crippen LogP contribution is 2.29. The zero-order valence-corrected chi connectivity index (χ0v) is 12.5. The van der Waals surface area contributed by atoms with Gasteiger partial charge in [0, 0.05) is 16.2 Å². The van der Waals surface area contributed by atoms with Gasteiger partial charge in [0.25, 0.3) is 5.91 Å². The highest BCUT2D eigenvalue weighted by Gasteiger charge is 2.16. The summed E-state index contributed by atoms with van der Waals surface area (Å²) >= 11 is 5.16. The van der Waals surface area contributed by atoms with Crippen molar-refractivity contribution >= 4 is 33.2 Å². The van der Waals surface area contributed by atoms with Crippen LogP contribution in [-0.4, -0.2) is 17.3 Å². The number of alkyl halides is 1. The monoisotopic (exact) mass is 315 g/mol. The van der Waals surface area contributed by atoms with Gasteiger partial charge in [0.05, 0.1) is 4.88 Å². The average molecular weight is 316 g/mol. The number of carbonyl (C=O) groups excluding carboxylic acids is 1. The highest BCUT2D eigenvalue weighted by molar-refractivity contribution is 9.09. The van der Waals surface area contributed by atoms with Gasteiger partial charge in [-0.25, -0.2) is 0 Å². The van der Waals surface area contributed by atoms with Crippen LogP contribution >= 0.6 is 27.3 Å². The van der Waals surface area contributed by atoms with Gasteiger partial charge in [0.15, 0.2) is 0 Å². The molecular formula is C13H18BrNOS. The predicted octanol–water partition coefficient (Wildman–Crippen LogP) is 3.53. The third kappa shape index (κ3) is 3.55. The highest BCUT2D eigenvalue weighted by atomic mass is 79.9. The quantitative estimate of drug-likeness (QED) is 0.846. The summed E-state index contributed by atoms with van der Waals surface area (Å²) in [5.74, 6) is 0.0950. The smallest absolute Gasteiger partial charge is 0.261 e. The number of nitrogens with one attached hydrogen (secondary N) is 1. The van der Waals surface area contributed by atoms with E-state index in [1.165, 1.54) is 23.3 Å². The molecule has 2 nitrogen and oxygen atoms in total. The van der Waals surface area contributed by atoms with Crippen molar-refractivity contribution in [3.8, 4) is 0 Å². The number of amides is 1. The molecule has 1 heterocycles. The fraction of sp³-hybridized carbons (Fsp3) is 0.615. The van der Waals surface area contributed by atoms with E-state index in [1.807, 2.05) is 0 Å². The van der Waals surface area contributed by atoms with Crippen molar-refractivity contribution in [2.45, 2.75) is 43.9 Å². The molecule has 0 aliphatic heterocycles. The van der Waals surface area contributed by atoms with Crippen LogP contribution in [0.5, 0.6) is 0 Å². The molecule has 0 fully saturated rings. The molecule has 0 bridgehead atoms. The summed E-state index contributed by atoms with van der Waals surface area (Å²) in [6.45, 7) is 2.84. The minimum Gasteiger partial charge on any atom is -0.351 e. The van der Waals surface area contributed by atoms with Crippen LogP contribution in [0.3, 0.4) is 0 Å². The van der Waals surface area contributed by atoms with Gasteiger partial charge in [-0.3, -0.25) is 4.79 Å². The van der Waals surface area contributed by atoms with E-state index in [1.54, 1.807) is 11.3 Å². The number of rotatable bonds is 4. The van der Waals surface area contributed by atoms with Crippen LogP contribution < -0.4 is 5.32 Å². The zero-order valence-electron chi connectivity index (χ0n) is 10.1. The topological polar surface area (TPSA) is 29.1 Å². The predicted molar refractivity (Wildman–Crippen MR) is 76.3 cm³/mol. The second-order valence-electron chi connectivity index (χ2n) is 4.59.